The zero-order chi connectivity index (χ0) is 11.5. The lowest BCUT2D eigenvalue weighted by atomic mass is 10.0. The fourth-order valence-corrected chi connectivity index (χ4v) is 1.95. The first-order valence-electron chi connectivity index (χ1n) is 4.88. The van der Waals surface area contributed by atoms with E-state index in [1.807, 2.05) is 6.07 Å². The van der Waals surface area contributed by atoms with Crippen LogP contribution in [0.4, 0.5) is 4.39 Å². The number of hydrogen-bond donors (Lipinski definition) is 1. The van der Waals surface area contributed by atoms with Gasteiger partial charge in [0.2, 0.25) is 0 Å². The van der Waals surface area contributed by atoms with Gasteiger partial charge in [0.1, 0.15) is 5.82 Å². The Bertz CT molecular complexity index is 470. The molecule has 1 unspecified atom stereocenters. The van der Waals surface area contributed by atoms with Gasteiger partial charge in [0.25, 0.3) is 0 Å². The highest BCUT2D eigenvalue weighted by Gasteiger charge is 2.09. The standard InChI is InChI=1S/C12H11BrFNO/c13-10-5-8(1-2-11(10)14)6-12(15)9-3-4-16-7-9/h1-5,7,12H,6,15H2. The molecule has 2 nitrogen and oxygen atoms in total. The summed E-state index contributed by atoms with van der Waals surface area (Å²) in [6.45, 7) is 0. The molecule has 2 rings (SSSR count). The van der Waals surface area contributed by atoms with E-state index in [-0.39, 0.29) is 11.9 Å². The number of halogens is 2. The van der Waals surface area contributed by atoms with Crippen LogP contribution >= 0.6 is 15.9 Å². The van der Waals surface area contributed by atoms with Crippen molar-refractivity contribution in [2.45, 2.75) is 12.5 Å². The van der Waals surface area contributed by atoms with Crippen LogP contribution in [0.2, 0.25) is 0 Å². The van der Waals surface area contributed by atoms with Gasteiger partial charge in [0.05, 0.1) is 17.0 Å². The van der Waals surface area contributed by atoms with Crippen LogP contribution in [0.1, 0.15) is 17.2 Å². The average molecular weight is 284 g/mol. The summed E-state index contributed by atoms with van der Waals surface area (Å²) >= 11 is 3.15. The molecule has 16 heavy (non-hydrogen) atoms. The van der Waals surface area contributed by atoms with Crippen LogP contribution in [0.15, 0.2) is 45.7 Å². The molecular weight excluding hydrogens is 273 g/mol. The molecule has 1 atom stereocenters. The minimum Gasteiger partial charge on any atom is -0.472 e. The lowest BCUT2D eigenvalue weighted by Crippen LogP contribution is -2.12. The molecule has 0 fully saturated rings. The first kappa shape index (κ1) is 11.4. The molecule has 1 heterocycles. The van der Waals surface area contributed by atoms with Gasteiger partial charge >= 0.3 is 0 Å². The van der Waals surface area contributed by atoms with Crippen molar-refractivity contribution in [1.29, 1.82) is 0 Å². The third-order valence-corrected chi connectivity index (χ3v) is 3.02. The summed E-state index contributed by atoms with van der Waals surface area (Å²) in [5.74, 6) is -0.263. The Balaban J connectivity index is 2.12. The number of rotatable bonds is 3. The summed E-state index contributed by atoms with van der Waals surface area (Å²) in [5, 5.41) is 0. The summed E-state index contributed by atoms with van der Waals surface area (Å²) in [6.07, 6.45) is 3.87. The van der Waals surface area contributed by atoms with Crippen molar-refractivity contribution in [3.05, 3.63) is 58.2 Å². The first-order chi connectivity index (χ1) is 7.66. The highest BCUT2D eigenvalue weighted by atomic mass is 79.9. The van der Waals surface area contributed by atoms with Crippen LogP contribution in [0.5, 0.6) is 0 Å². The van der Waals surface area contributed by atoms with Gasteiger partial charge in [-0.1, -0.05) is 6.07 Å². The second kappa shape index (κ2) is 4.80. The van der Waals surface area contributed by atoms with Crippen molar-refractivity contribution < 1.29 is 8.81 Å². The van der Waals surface area contributed by atoms with Crippen LogP contribution < -0.4 is 5.73 Å². The summed E-state index contributed by atoms with van der Waals surface area (Å²) in [4.78, 5) is 0. The van der Waals surface area contributed by atoms with Gasteiger partial charge in [-0.05, 0) is 46.1 Å². The maximum atomic E-state index is 13.0. The Morgan fingerprint density at radius 2 is 2.19 bits per heavy atom. The second-order valence-corrected chi connectivity index (χ2v) is 4.47. The van der Waals surface area contributed by atoms with Crippen molar-refractivity contribution in [3.63, 3.8) is 0 Å². The second-order valence-electron chi connectivity index (χ2n) is 3.62. The molecule has 0 saturated heterocycles. The van der Waals surface area contributed by atoms with E-state index in [1.165, 1.54) is 6.07 Å². The Morgan fingerprint density at radius 3 is 2.81 bits per heavy atom. The maximum absolute atomic E-state index is 13.0. The summed E-state index contributed by atoms with van der Waals surface area (Å²) < 4.78 is 18.4. The van der Waals surface area contributed by atoms with E-state index >= 15 is 0 Å². The van der Waals surface area contributed by atoms with Crippen molar-refractivity contribution >= 4 is 15.9 Å². The zero-order valence-corrected chi connectivity index (χ0v) is 10.1. The number of nitrogens with two attached hydrogens (primary N) is 1. The minimum atomic E-state index is -0.263. The van der Waals surface area contributed by atoms with E-state index < -0.39 is 0 Å². The van der Waals surface area contributed by atoms with Gasteiger partial charge < -0.3 is 10.2 Å². The Labute approximate surface area is 101 Å². The van der Waals surface area contributed by atoms with Gasteiger partial charge in [0.15, 0.2) is 0 Å². The third kappa shape index (κ3) is 2.51. The van der Waals surface area contributed by atoms with E-state index in [9.17, 15) is 4.39 Å². The Hall–Kier alpha value is -1.13. The van der Waals surface area contributed by atoms with Crippen LogP contribution in [-0.4, -0.2) is 0 Å². The molecule has 0 radical (unpaired) electrons. The Kier molecular flexibility index (Phi) is 3.41. The lowest BCUT2D eigenvalue weighted by Gasteiger charge is -2.09. The molecule has 84 valence electrons. The molecule has 0 spiro atoms. The predicted molar refractivity (Wildman–Crippen MR) is 63.4 cm³/mol. The molecule has 0 saturated carbocycles. The minimum absolute atomic E-state index is 0.129. The van der Waals surface area contributed by atoms with Gasteiger partial charge in [-0.2, -0.15) is 0 Å². The normalized spacial score (nSPS) is 12.7. The summed E-state index contributed by atoms with van der Waals surface area (Å²) in [6, 6.07) is 6.62. The number of benzene rings is 1. The van der Waals surface area contributed by atoms with Gasteiger partial charge in [0, 0.05) is 11.6 Å². The van der Waals surface area contributed by atoms with Crippen molar-refractivity contribution in [2.75, 3.05) is 0 Å². The highest BCUT2D eigenvalue weighted by Crippen LogP contribution is 2.21. The van der Waals surface area contributed by atoms with E-state index in [2.05, 4.69) is 15.9 Å². The smallest absolute Gasteiger partial charge is 0.137 e. The van der Waals surface area contributed by atoms with Gasteiger partial charge in [-0.25, -0.2) is 4.39 Å². The first-order valence-corrected chi connectivity index (χ1v) is 5.67. The summed E-state index contributed by atoms with van der Waals surface area (Å²) in [5.41, 5.74) is 7.92. The largest absolute Gasteiger partial charge is 0.472 e. The van der Waals surface area contributed by atoms with Crippen LogP contribution in [0.3, 0.4) is 0 Å². The number of furan rings is 1. The molecule has 2 N–H and O–H groups in total. The van der Waals surface area contributed by atoms with Gasteiger partial charge in [-0.3, -0.25) is 0 Å². The van der Waals surface area contributed by atoms with Crippen molar-refractivity contribution in [3.8, 4) is 0 Å². The molecule has 4 heteroatoms. The zero-order valence-electron chi connectivity index (χ0n) is 8.49. The SMILES string of the molecule is NC(Cc1ccc(F)c(Br)c1)c1ccoc1. The fraction of sp³-hybridized carbons (Fsp3) is 0.167. The summed E-state index contributed by atoms with van der Waals surface area (Å²) in [7, 11) is 0. The van der Waals surface area contributed by atoms with Crippen molar-refractivity contribution in [2.24, 2.45) is 5.73 Å². The quantitative estimate of drug-likeness (QED) is 0.938. The van der Waals surface area contributed by atoms with Gasteiger partial charge in [-0.15, -0.1) is 0 Å². The van der Waals surface area contributed by atoms with Crippen molar-refractivity contribution in [1.82, 2.24) is 0 Å². The van der Waals surface area contributed by atoms with E-state index in [1.54, 1.807) is 24.7 Å². The molecular formula is C12H11BrFNO. The van der Waals surface area contributed by atoms with E-state index in [4.69, 9.17) is 10.2 Å². The Morgan fingerprint density at radius 1 is 1.38 bits per heavy atom. The lowest BCUT2D eigenvalue weighted by molar-refractivity contribution is 0.558. The van der Waals surface area contributed by atoms with Crippen LogP contribution in [0, 0.1) is 5.82 Å². The van der Waals surface area contributed by atoms with Crippen LogP contribution in [-0.2, 0) is 6.42 Å². The molecule has 1 aromatic heterocycles. The predicted octanol–water partition coefficient (Wildman–Crippen LogP) is 3.42. The number of hydrogen-bond acceptors (Lipinski definition) is 2. The highest BCUT2D eigenvalue weighted by molar-refractivity contribution is 9.10. The molecule has 1 aromatic carbocycles. The molecule has 2 aromatic rings. The molecule has 0 aliphatic rings. The van der Waals surface area contributed by atoms with E-state index in [0.29, 0.717) is 10.9 Å². The fourth-order valence-electron chi connectivity index (χ4n) is 1.52. The molecule has 0 aliphatic carbocycles. The topological polar surface area (TPSA) is 39.2 Å². The monoisotopic (exact) mass is 283 g/mol. The van der Waals surface area contributed by atoms with Crippen LogP contribution in [0.25, 0.3) is 0 Å². The molecule has 0 bridgehead atoms. The molecule has 0 amide bonds. The van der Waals surface area contributed by atoms with E-state index in [0.717, 1.165) is 11.1 Å². The maximum Gasteiger partial charge on any atom is 0.137 e. The third-order valence-electron chi connectivity index (χ3n) is 2.41. The molecule has 0 aliphatic heterocycles. The average Bonchev–Trinajstić information content (AvgIpc) is 2.77.